The van der Waals surface area contributed by atoms with Crippen molar-refractivity contribution in [1.29, 1.82) is 0 Å². The van der Waals surface area contributed by atoms with Crippen molar-refractivity contribution in [2.45, 2.75) is 24.9 Å². The highest BCUT2D eigenvalue weighted by Gasteiger charge is 2.38. The second-order valence-corrected chi connectivity index (χ2v) is 6.64. The molecule has 1 saturated heterocycles. The summed E-state index contributed by atoms with van der Waals surface area (Å²) in [5.74, 6) is -0.0634. The summed E-state index contributed by atoms with van der Waals surface area (Å²) in [7, 11) is 4.51. The molecule has 1 N–H and O–H groups in total. The van der Waals surface area contributed by atoms with Gasteiger partial charge in [-0.15, -0.1) is 0 Å². The number of hydrogen-bond acceptors (Lipinski definition) is 5. The Bertz CT molecular complexity index is 857. The monoisotopic (exact) mass is 389 g/mol. The topological polar surface area (TPSA) is 68.2 Å². The molecule has 1 aliphatic heterocycles. The fourth-order valence-corrected chi connectivity index (χ4v) is 3.82. The lowest BCUT2D eigenvalue weighted by atomic mass is 9.94. The van der Waals surface area contributed by atoms with Gasteiger partial charge < -0.3 is 19.3 Å². The third-order valence-electron chi connectivity index (χ3n) is 5.13. The summed E-state index contributed by atoms with van der Waals surface area (Å²) in [5.41, 5.74) is 1.34. The van der Waals surface area contributed by atoms with E-state index in [1.54, 1.807) is 38.5 Å². The molecule has 28 heavy (non-hydrogen) atoms. The number of benzene rings is 2. The van der Waals surface area contributed by atoms with E-state index < -0.39 is 23.9 Å². The van der Waals surface area contributed by atoms with Gasteiger partial charge in [-0.05, 0) is 48.7 Å². The first-order chi connectivity index (χ1) is 13.5. The second-order valence-electron chi connectivity index (χ2n) is 6.64. The molecule has 2 aromatic rings. The lowest BCUT2D eigenvalue weighted by Crippen LogP contribution is -2.39. The van der Waals surface area contributed by atoms with E-state index in [0.29, 0.717) is 30.0 Å². The molecule has 0 aromatic heterocycles. The second kappa shape index (κ2) is 8.48. The minimum atomic E-state index is -0.890. The van der Waals surface area contributed by atoms with Gasteiger partial charge in [-0.1, -0.05) is 6.07 Å². The summed E-state index contributed by atoms with van der Waals surface area (Å²) in [6.45, 7) is 0.579. The van der Waals surface area contributed by atoms with Crippen LogP contribution in [0.4, 0.5) is 4.39 Å². The van der Waals surface area contributed by atoms with Crippen LogP contribution in [0.25, 0.3) is 0 Å². The number of halogens is 1. The van der Waals surface area contributed by atoms with E-state index in [1.165, 1.54) is 13.2 Å². The van der Waals surface area contributed by atoms with Crippen LogP contribution in [0.15, 0.2) is 36.4 Å². The zero-order chi connectivity index (χ0) is 20.3. The highest BCUT2D eigenvalue weighted by atomic mass is 19.1. The number of carboxylic acids is 1. The maximum atomic E-state index is 14.5. The molecule has 2 atom stereocenters. The summed E-state index contributed by atoms with van der Waals surface area (Å²) in [4.78, 5) is 13.7. The molecule has 2 unspecified atom stereocenters. The maximum Gasteiger partial charge on any atom is 0.320 e. The SMILES string of the molecule is COc1ccc(OC)c(C(c2ccc(OC)c(F)c2)N2CCCC2C(=O)O)c1. The zero-order valence-corrected chi connectivity index (χ0v) is 16.1. The van der Waals surface area contributed by atoms with Gasteiger partial charge in [0.1, 0.15) is 17.5 Å². The Morgan fingerprint density at radius 1 is 1.11 bits per heavy atom. The van der Waals surface area contributed by atoms with E-state index in [9.17, 15) is 14.3 Å². The van der Waals surface area contributed by atoms with Gasteiger partial charge in [-0.3, -0.25) is 9.69 Å². The minimum absolute atomic E-state index is 0.135. The first kappa shape index (κ1) is 19.9. The van der Waals surface area contributed by atoms with Gasteiger partial charge in [0, 0.05) is 12.1 Å². The molecule has 6 nitrogen and oxygen atoms in total. The Morgan fingerprint density at radius 3 is 2.43 bits per heavy atom. The lowest BCUT2D eigenvalue weighted by Gasteiger charge is -2.33. The average molecular weight is 389 g/mol. The summed E-state index contributed by atoms with van der Waals surface area (Å²) < 4.78 is 30.4. The number of ether oxygens (including phenoxy) is 3. The largest absolute Gasteiger partial charge is 0.497 e. The number of carbonyl (C=O) groups is 1. The molecule has 2 aromatic carbocycles. The standard InChI is InChI=1S/C21H24FNO5/c1-26-14-7-9-18(27-2)15(12-14)20(23-10-4-5-17(23)21(24)25)13-6-8-19(28-3)16(22)11-13/h6-9,11-12,17,20H,4-5,10H2,1-3H3,(H,24,25). The molecule has 150 valence electrons. The number of carboxylic acid groups (broad SMARTS) is 1. The van der Waals surface area contributed by atoms with Crippen molar-refractivity contribution in [3.8, 4) is 17.2 Å². The van der Waals surface area contributed by atoms with E-state index in [2.05, 4.69) is 0 Å². The molecule has 7 heteroatoms. The van der Waals surface area contributed by atoms with Crippen LogP contribution in [0.1, 0.15) is 30.0 Å². The fourth-order valence-electron chi connectivity index (χ4n) is 3.82. The van der Waals surface area contributed by atoms with Crippen LogP contribution >= 0.6 is 0 Å². The van der Waals surface area contributed by atoms with Gasteiger partial charge in [0.05, 0.1) is 27.4 Å². The molecule has 0 amide bonds. The molecular formula is C21H24FNO5. The third kappa shape index (κ3) is 3.75. The van der Waals surface area contributed by atoms with Crippen LogP contribution in [-0.2, 0) is 4.79 Å². The molecule has 3 rings (SSSR count). The average Bonchev–Trinajstić information content (AvgIpc) is 3.18. The normalized spacial score (nSPS) is 17.9. The Labute approximate surface area is 163 Å². The molecule has 0 radical (unpaired) electrons. The number of aliphatic carboxylic acids is 1. The molecule has 0 aliphatic carbocycles. The van der Waals surface area contributed by atoms with E-state index in [1.807, 2.05) is 11.0 Å². The van der Waals surface area contributed by atoms with E-state index >= 15 is 0 Å². The van der Waals surface area contributed by atoms with Crippen LogP contribution in [0, 0.1) is 5.82 Å². The van der Waals surface area contributed by atoms with Crippen molar-refractivity contribution >= 4 is 5.97 Å². The molecule has 0 spiro atoms. The van der Waals surface area contributed by atoms with Crippen molar-refractivity contribution in [3.63, 3.8) is 0 Å². The van der Waals surface area contributed by atoms with Crippen LogP contribution in [-0.4, -0.2) is 49.9 Å². The van der Waals surface area contributed by atoms with Crippen molar-refractivity contribution in [2.24, 2.45) is 0 Å². The van der Waals surface area contributed by atoms with Crippen LogP contribution < -0.4 is 14.2 Å². The maximum absolute atomic E-state index is 14.5. The van der Waals surface area contributed by atoms with Crippen molar-refractivity contribution < 1.29 is 28.5 Å². The summed E-state index contributed by atoms with van der Waals surface area (Å²) in [5, 5.41) is 9.70. The first-order valence-corrected chi connectivity index (χ1v) is 9.04. The molecule has 0 bridgehead atoms. The van der Waals surface area contributed by atoms with Gasteiger partial charge in [-0.25, -0.2) is 4.39 Å². The van der Waals surface area contributed by atoms with E-state index in [0.717, 1.165) is 12.0 Å². The number of nitrogens with zero attached hydrogens (tertiary/aromatic N) is 1. The quantitative estimate of drug-likeness (QED) is 0.782. The van der Waals surface area contributed by atoms with Gasteiger partial charge >= 0.3 is 5.97 Å². The Balaban J connectivity index is 2.18. The van der Waals surface area contributed by atoms with Gasteiger partial charge in [0.2, 0.25) is 0 Å². The molecule has 0 saturated carbocycles. The van der Waals surface area contributed by atoms with Crippen LogP contribution in [0.3, 0.4) is 0 Å². The number of methoxy groups -OCH3 is 3. The number of rotatable bonds is 7. The molecular weight excluding hydrogens is 365 g/mol. The Kier molecular flexibility index (Phi) is 6.04. The highest BCUT2D eigenvalue weighted by molar-refractivity contribution is 5.74. The zero-order valence-electron chi connectivity index (χ0n) is 16.1. The molecule has 1 heterocycles. The van der Waals surface area contributed by atoms with Gasteiger partial charge in [0.15, 0.2) is 11.6 Å². The lowest BCUT2D eigenvalue weighted by molar-refractivity contribution is -0.142. The van der Waals surface area contributed by atoms with Crippen LogP contribution in [0.5, 0.6) is 17.2 Å². The summed E-state index contributed by atoms with van der Waals surface area (Å²) >= 11 is 0. The Hall–Kier alpha value is -2.80. The van der Waals surface area contributed by atoms with E-state index in [-0.39, 0.29) is 5.75 Å². The minimum Gasteiger partial charge on any atom is -0.497 e. The van der Waals surface area contributed by atoms with Crippen molar-refractivity contribution in [3.05, 3.63) is 53.3 Å². The van der Waals surface area contributed by atoms with Crippen LogP contribution in [0.2, 0.25) is 0 Å². The first-order valence-electron chi connectivity index (χ1n) is 9.04. The van der Waals surface area contributed by atoms with Gasteiger partial charge in [-0.2, -0.15) is 0 Å². The predicted molar refractivity (Wildman–Crippen MR) is 102 cm³/mol. The van der Waals surface area contributed by atoms with Crippen molar-refractivity contribution in [2.75, 3.05) is 27.9 Å². The van der Waals surface area contributed by atoms with Gasteiger partial charge in [0.25, 0.3) is 0 Å². The van der Waals surface area contributed by atoms with Crippen molar-refractivity contribution in [1.82, 2.24) is 4.90 Å². The Morgan fingerprint density at radius 2 is 1.82 bits per heavy atom. The smallest absolute Gasteiger partial charge is 0.320 e. The summed E-state index contributed by atoms with van der Waals surface area (Å²) in [6.07, 6.45) is 1.29. The summed E-state index contributed by atoms with van der Waals surface area (Å²) in [6, 6.07) is 8.88. The van der Waals surface area contributed by atoms with E-state index in [4.69, 9.17) is 14.2 Å². The third-order valence-corrected chi connectivity index (χ3v) is 5.13. The molecule has 1 aliphatic rings. The molecule has 1 fully saturated rings. The number of hydrogen-bond donors (Lipinski definition) is 1. The predicted octanol–water partition coefficient (Wildman–Crippen LogP) is 3.49. The fraction of sp³-hybridized carbons (Fsp3) is 0.381. The highest BCUT2D eigenvalue weighted by Crippen LogP contribution is 2.41. The number of likely N-dealkylation sites (tertiary alicyclic amines) is 1.